The first kappa shape index (κ1) is 18.2. The van der Waals surface area contributed by atoms with Gasteiger partial charge in [0.05, 0.1) is 0 Å². The van der Waals surface area contributed by atoms with Crippen molar-refractivity contribution in [2.45, 2.75) is 92.1 Å². The highest BCUT2D eigenvalue weighted by Crippen LogP contribution is 2.69. The van der Waals surface area contributed by atoms with Crippen LogP contribution in [0.25, 0.3) is 0 Å². The maximum Gasteiger partial charge on any atom is 0.150 e. The average molecular weight is 340 g/mol. The summed E-state index contributed by atoms with van der Waals surface area (Å²) in [5, 5.41) is 0. The SMILES string of the molecule is C/C=C/CB([C@H]1C[C@@H]2C[C@H]([C@@H]1C)C2(C)C)[C@H]1C[C@H]2C[C@@H]([C@@H]1C)C2(C)C. The van der Waals surface area contributed by atoms with Gasteiger partial charge in [0, 0.05) is 0 Å². The van der Waals surface area contributed by atoms with E-state index in [4.69, 9.17) is 0 Å². The van der Waals surface area contributed by atoms with Crippen molar-refractivity contribution in [3.8, 4) is 0 Å². The summed E-state index contributed by atoms with van der Waals surface area (Å²) in [5.74, 6) is 7.86. The molecule has 0 spiro atoms. The van der Waals surface area contributed by atoms with Crippen LogP contribution >= 0.6 is 0 Å². The van der Waals surface area contributed by atoms with E-state index in [2.05, 4.69) is 60.6 Å². The summed E-state index contributed by atoms with van der Waals surface area (Å²) in [6.07, 6.45) is 12.3. The number of allylic oxidation sites excluding steroid dienone is 2. The lowest BCUT2D eigenvalue weighted by molar-refractivity contribution is -0.107. The standard InChI is InChI=1S/C24H41B/c1-8-9-10-25(21-13-17-11-19(15(21)2)23(17,4)5)22-14-18-12-20(16(22)3)24(18,6)7/h8-9,15-22H,10-14H2,1-7H3/b9-8+/t15-,16-,17-,18+,19+,20-,21-,22-/m0/s1. The minimum Gasteiger partial charge on any atom is -0.0960 e. The van der Waals surface area contributed by atoms with Crippen LogP contribution in [0.15, 0.2) is 12.2 Å². The smallest absolute Gasteiger partial charge is 0.0960 e. The Morgan fingerprint density at radius 2 is 1.24 bits per heavy atom. The van der Waals surface area contributed by atoms with Crippen LogP contribution in [0.1, 0.15) is 74.1 Å². The Hall–Kier alpha value is -0.195. The maximum absolute atomic E-state index is 2.62. The molecule has 6 aliphatic rings. The van der Waals surface area contributed by atoms with Crippen LogP contribution in [0.2, 0.25) is 18.0 Å². The molecule has 8 atom stereocenters. The second-order valence-corrected chi connectivity index (χ2v) is 11.7. The van der Waals surface area contributed by atoms with E-state index >= 15 is 0 Å². The first-order valence-corrected chi connectivity index (χ1v) is 11.3. The van der Waals surface area contributed by atoms with Gasteiger partial charge in [-0.1, -0.05) is 84.5 Å². The van der Waals surface area contributed by atoms with Crippen LogP contribution in [0.5, 0.6) is 0 Å². The molecular formula is C24H41B. The monoisotopic (exact) mass is 340 g/mol. The van der Waals surface area contributed by atoms with Crippen molar-refractivity contribution in [1.82, 2.24) is 0 Å². The molecule has 0 saturated heterocycles. The topological polar surface area (TPSA) is 0 Å². The molecule has 0 radical (unpaired) electrons. The lowest BCUT2D eigenvalue weighted by Crippen LogP contribution is -2.59. The molecule has 140 valence electrons. The van der Waals surface area contributed by atoms with E-state index in [0.717, 1.165) is 53.9 Å². The fourth-order valence-electron chi connectivity index (χ4n) is 8.47. The zero-order valence-corrected chi connectivity index (χ0v) is 17.9. The summed E-state index contributed by atoms with van der Waals surface area (Å²) in [6, 6.07) is 0. The van der Waals surface area contributed by atoms with E-state index in [1.807, 2.05) is 0 Å². The first-order chi connectivity index (χ1) is 11.7. The summed E-state index contributed by atoms with van der Waals surface area (Å²) in [4.78, 5) is 0. The van der Waals surface area contributed by atoms with Crippen LogP contribution in [0.3, 0.4) is 0 Å². The fourth-order valence-corrected chi connectivity index (χ4v) is 8.47. The molecule has 6 rings (SSSR count). The quantitative estimate of drug-likeness (QED) is 0.375. The van der Waals surface area contributed by atoms with E-state index < -0.39 is 0 Å². The highest BCUT2D eigenvalue weighted by atomic mass is 14.6. The van der Waals surface area contributed by atoms with Crippen molar-refractivity contribution in [2.24, 2.45) is 46.3 Å². The molecule has 25 heavy (non-hydrogen) atoms. The molecule has 0 amide bonds. The van der Waals surface area contributed by atoms with Gasteiger partial charge in [0.25, 0.3) is 0 Å². The van der Waals surface area contributed by atoms with Crippen molar-refractivity contribution in [1.29, 1.82) is 0 Å². The molecular weight excluding hydrogens is 299 g/mol. The van der Waals surface area contributed by atoms with E-state index in [1.165, 1.54) is 32.0 Å². The zero-order valence-electron chi connectivity index (χ0n) is 17.9. The van der Waals surface area contributed by atoms with Crippen molar-refractivity contribution >= 4 is 6.71 Å². The minimum absolute atomic E-state index is 0.628. The van der Waals surface area contributed by atoms with E-state index in [-0.39, 0.29) is 0 Å². The van der Waals surface area contributed by atoms with Gasteiger partial charge in [-0.2, -0.15) is 0 Å². The third-order valence-electron chi connectivity index (χ3n) is 10.6. The van der Waals surface area contributed by atoms with Gasteiger partial charge in [-0.25, -0.2) is 0 Å². The minimum atomic E-state index is 0.628. The molecule has 4 bridgehead atoms. The molecule has 0 nitrogen and oxygen atoms in total. The van der Waals surface area contributed by atoms with Crippen molar-refractivity contribution < 1.29 is 0 Å². The summed E-state index contributed by atoms with van der Waals surface area (Å²) in [5.41, 5.74) is 1.26. The Kier molecular flexibility index (Phi) is 4.29. The lowest BCUT2D eigenvalue weighted by atomic mass is 9.20. The van der Waals surface area contributed by atoms with Crippen molar-refractivity contribution in [2.75, 3.05) is 0 Å². The second-order valence-electron chi connectivity index (χ2n) is 11.7. The second kappa shape index (κ2) is 5.90. The number of rotatable bonds is 4. The summed E-state index contributed by atoms with van der Waals surface area (Å²) < 4.78 is 0. The van der Waals surface area contributed by atoms with Gasteiger partial charge in [-0.3, -0.25) is 0 Å². The Morgan fingerprint density at radius 3 is 1.56 bits per heavy atom. The van der Waals surface area contributed by atoms with Crippen LogP contribution in [-0.2, 0) is 0 Å². The van der Waals surface area contributed by atoms with Gasteiger partial charge in [0.2, 0.25) is 0 Å². The molecule has 0 aromatic carbocycles. The number of hydrogen-bond donors (Lipinski definition) is 0. The molecule has 6 saturated carbocycles. The average Bonchev–Trinajstić information content (AvgIpc) is 2.56. The molecule has 0 unspecified atom stereocenters. The molecule has 0 heterocycles. The third-order valence-corrected chi connectivity index (χ3v) is 10.6. The van der Waals surface area contributed by atoms with Gasteiger partial charge in [0.1, 0.15) is 0 Å². The molecule has 6 aliphatic carbocycles. The molecule has 1 heteroatoms. The fraction of sp³-hybridized carbons (Fsp3) is 0.917. The Balaban J connectivity index is 1.56. The Labute approximate surface area is 157 Å². The molecule has 0 aromatic rings. The lowest BCUT2D eigenvalue weighted by Gasteiger charge is -2.66. The van der Waals surface area contributed by atoms with Crippen molar-refractivity contribution in [3.63, 3.8) is 0 Å². The Bertz CT molecular complexity index is 502. The largest absolute Gasteiger partial charge is 0.150 e. The zero-order chi connectivity index (χ0) is 18.1. The van der Waals surface area contributed by atoms with Crippen LogP contribution in [0.4, 0.5) is 0 Å². The molecule has 0 aliphatic heterocycles. The van der Waals surface area contributed by atoms with Crippen LogP contribution in [0, 0.1) is 46.3 Å². The van der Waals surface area contributed by atoms with Gasteiger partial charge < -0.3 is 0 Å². The van der Waals surface area contributed by atoms with Crippen molar-refractivity contribution in [3.05, 3.63) is 12.2 Å². The highest BCUT2D eigenvalue weighted by molar-refractivity contribution is 6.62. The van der Waals surface area contributed by atoms with Crippen LogP contribution < -0.4 is 0 Å². The number of fused-ring (bicyclic) bond motifs is 4. The predicted octanol–water partition coefficient (Wildman–Crippen LogP) is 7.20. The molecule has 6 fully saturated rings. The Morgan fingerprint density at radius 1 is 0.800 bits per heavy atom. The molecule has 0 aromatic heterocycles. The normalized spacial score (nSPS) is 49.4. The van der Waals surface area contributed by atoms with Gasteiger partial charge in [-0.05, 0) is 66.1 Å². The number of hydrogen-bond acceptors (Lipinski definition) is 0. The third kappa shape index (κ3) is 2.46. The summed E-state index contributed by atoms with van der Waals surface area (Å²) in [6.45, 7) is 18.6. The summed E-state index contributed by atoms with van der Waals surface area (Å²) >= 11 is 0. The highest BCUT2D eigenvalue weighted by Gasteiger charge is 2.61. The molecule has 0 N–H and O–H groups in total. The van der Waals surface area contributed by atoms with Gasteiger partial charge in [-0.15, -0.1) is 0 Å². The first-order valence-electron chi connectivity index (χ1n) is 11.3. The summed E-state index contributed by atoms with van der Waals surface area (Å²) in [7, 11) is 0. The predicted molar refractivity (Wildman–Crippen MR) is 111 cm³/mol. The maximum atomic E-state index is 2.62. The van der Waals surface area contributed by atoms with Gasteiger partial charge >= 0.3 is 0 Å². The van der Waals surface area contributed by atoms with E-state index in [0.29, 0.717) is 10.8 Å². The van der Waals surface area contributed by atoms with E-state index in [1.54, 1.807) is 0 Å². The van der Waals surface area contributed by atoms with Crippen LogP contribution in [-0.4, -0.2) is 6.71 Å². The van der Waals surface area contributed by atoms with Gasteiger partial charge in [0.15, 0.2) is 6.71 Å². The van der Waals surface area contributed by atoms with E-state index in [9.17, 15) is 0 Å².